The maximum absolute atomic E-state index is 3.64. The molecule has 0 aliphatic heterocycles. The van der Waals surface area contributed by atoms with Gasteiger partial charge in [-0.05, 0) is 52.4 Å². The molecule has 0 aliphatic rings. The van der Waals surface area contributed by atoms with E-state index in [1.165, 1.54) is 16.1 Å². The van der Waals surface area contributed by atoms with Crippen molar-refractivity contribution in [1.82, 2.24) is 0 Å². The van der Waals surface area contributed by atoms with Crippen molar-refractivity contribution in [1.29, 1.82) is 0 Å². The summed E-state index contributed by atoms with van der Waals surface area (Å²) in [5.74, 6) is 0. The van der Waals surface area contributed by atoms with Crippen LogP contribution in [-0.4, -0.2) is 0 Å². The Morgan fingerprint density at radius 3 is 2.76 bits per heavy atom. The summed E-state index contributed by atoms with van der Waals surface area (Å²) in [6, 6.07) is 11.0. The molecular formula is C14H16BrNS. The van der Waals surface area contributed by atoms with Gasteiger partial charge in [0.15, 0.2) is 0 Å². The van der Waals surface area contributed by atoms with Crippen molar-refractivity contribution in [2.75, 3.05) is 5.32 Å². The molecule has 1 heterocycles. The number of nitrogens with one attached hydrogen (secondary N) is 1. The summed E-state index contributed by atoms with van der Waals surface area (Å²) in [6.45, 7) is 4.32. The molecule has 0 radical (unpaired) electrons. The molecule has 0 fully saturated rings. The first kappa shape index (κ1) is 12.7. The molecule has 0 saturated heterocycles. The first-order valence-electron chi connectivity index (χ1n) is 5.77. The first-order valence-corrected chi connectivity index (χ1v) is 7.44. The predicted octanol–water partition coefficient (Wildman–Crippen LogP) is 5.38. The minimum atomic E-state index is 0.396. The van der Waals surface area contributed by atoms with Crippen molar-refractivity contribution < 1.29 is 0 Å². The van der Waals surface area contributed by atoms with Gasteiger partial charge in [0.05, 0.1) is 6.04 Å². The van der Waals surface area contributed by atoms with Crippen LogP contribution < -0.4 is 5.32 Å². The lowest BCUT2D eigenvalue weighted by molar-refractivity contribution is 0.763. The lowest BCUT2D eigenvalue weighted by Gasteiger charge is -2.18. The van der Waals surface area contributed by atoms with Gasteiger partial charge in [-0.3, -0.25) is 0 Å². The summed E-state index contributed by atoms with van der Waals surface area (Å²) in [5.41, 5.74) is 2.43. The molecule has 1 nitrogen and oxygen atoms in total. The van der Waals surface area contributed by atoms with Gasteiger partial charge in [0, 0.05) is 15.0 Å². The van der Waals surface area contributed by atoms with Crippen LogP contribution in [0.25, 0.3) is 0 Å². The molecule has 1 atom stereocenters. The second-order valence-corrected chi connectivity index (χ2v) is 5.83. The van der Waals surface area contributed by atoms with Crippen LogP contribution >= 0.6 is 27.3 Å². The van der Waals surface area contributed by atoms with Crippen LogP contribution in [0, 0.1) is 6.92 Å². The lowest BCUT2D eigenvalue weighted by Crippen LogP contribution is -2.08. The van der Waals surface area contributed by atoms with E-state index in [1.807, 2.05) is 11.3 Å². The Kier molecular flexibility index (Phi) is 4.24. The molecule has 3 heteroatoms. The topological polar surface area (TPSA) is 12.0 Å². The number of aryl methyl sites for hydroxylation is 1. The standard InChI is InChI=1S/C14H16BrNS/c1-3-11(13-8-5-9-17-13)16-12-7-4-6-10(2)14(12)15/h4-9,11,16H,3H2,1-2H3. The van der Waals surface area contributed by atoms with Crippen molar-refractivity contribution in [2.45, 2.75) is 26.3 Å². The minimum Gasteiger partial charge on any atom is -0.377 e. The fourth-order valence-corrected chi connectivity index (χ4v) is 3.05. The van der Waals surface area contributed by atoms with Crippen LogP contribution in [0.1, 0.15) is 29.8 Å². The summed E-state index contributed by atoms with van der Waals surface area (Å²) in [7, 11) is 0. The van der Waals surface area contributed by atoms with Crippen LogP contribution in [-0.2, 0) is 0 Å². The highest BCUT2D eigenvalue weighted by atomic mass is 79.9. The molecule has 0 bridgehead atoms. The van der Waals surface area contributed by atoms with Crippen molar-refractivity contribution in [3.8, 4) is 0 Å². The van der Waals surface area contributed by atoms with E-state index in [0.29, 0.717) is 6.04 Å². The molecule has 1 aromatic carbocycles. The smallest absolute Gasteiger partial charge is 0.0604 e. The second kappa shape index (κ2) is 5.69. The molecular weight excluding hydrogens is 294 g/mol. The van der Waals surface area contributed by atoms with Crippen LogP contribution in [0.2, 0.25) is 0 Å². The summed E-state index contributed by atoms with van der Waals surface area (Å²) in [5, 5.41) is 5.73. The molecule has 2 aromatic rings. The fourth-order valence-electron chi connectivity index (χ4n) is 1.81. The Morgan fingerprint density at radius 1 is 1.29 bits per heavy atom. The SMILES string of the molecule is CCC(Nc1cccc(C)c1Br)c1cccs1. The quantitative estimate of drug-likeness (QED) is 0.799. The molecule has 0 saturated carbocycles. The molecule has 0 aliphatic carbocycles. The van der Waals surface area contributed by atoms with Gasteiger partial charge in [0.1, 0.15) is 0 Å². The number of rotatable bonds is 4. The van der Waals surface area contributed by atoms with Gasteiger partial charge in [-0.25, -0.2) is 0 Å². The highest BCUT2D eigenvalue weighted by Gasteiger charge is 2.11. The van der Waals surface area contributed by atoms with Gasteiger partial charge in [0.2, 0.25) is 0 Å². The van der Waals surface area contributed by atoms with Crippen LogP contribution in [0.3, 0.4) is 0 Å². The van der Waals surface area contributed by atoms with E-state index in [2.05, 4.69) is 70.8 Å². The number of hydrogen-bond donors (Lipinski definition) is 1. The monoisotopic (exact) mass is 309 g/mol. The van der Waals surface area contributed by atoms with Gasteiger partial charge < -0.3 is 5.32 Å². The van der Waals surface area contributed by atoms with E-state index in [1.54, 1.807) is 0 Å². The van der Waals surface area contributed by atoms with Gasteiger partial charge in [-0.15, -0.1) is 11.3 Å². The van der Waals surface area contributed by atoms with E-state index in [-0.39, 0.29) is 0 Å². The Morgan fingerprint density at radius 2 is 2.12 bits per heavy atom. The van der Waals surface area contributed by atoms with E-state index in [4.69, 9.17) is 0 Å². The zero-order chi connectivity index (χ0) is 12.3. The zero-order valence-electron chi connectivity index (χ0n) is 10.0. The predicted molar refractivity (Wildman–Crippen MR) is 79.9 cm³/mol. The molecule has 0 spiro atoms. The largest absolute Gasteiger partial charge is 0.377 e. The van der Waals surface area contributed by atoms with Crippen molar-refractivity contribution in [2.24, 2.45) is 0 Å². The maximum Gasteiger partial charge on any atom is 0.0604 e. The number of benzene rings is 1. The van der Waals surface area contributed by atoms with Gasteiger partial charge in [-0.1, -0.05) is 25.1 Å². The third-order valence-electron chi connectivity index (χ3n) is 2.82. The average Bonchev–Trinajstić information content (AvgIpc) is 2.85. The number of anilines is 1. The van der Waals surface area contributed by atoms with Gasteiger partial charge in [-0.2, -0.15) is 0 Å². The first-order chi connectivity index (χ1) is 8.22. The maximum atomic E-state index is 3.64. The van der Waals surface area contributed by atoms with E-state index in [0.717, 1.165) is 10.9 Å². The van der Waals surface area contributed by atoms with Crippen molar-refractivity contribution >= 4 is 33.0 Å². The summed E-state index contributed by atoms with van der Waals surface area (Å²) < 4.78 is 1.16. The Bertz CT molecular complexity index is 479. The Labute approximate surface area is 115 Å². The van der Waals surface area contributed by atoms with E-state index < -0.39 is 0 Å². The van der Waals surface area contributed by atoms with Crippen LogP contribution in [0.4, 0.5) is 5.69 Å². The Balaban J connectivity index is 2.22. The molecule has 1 aromatic heterocycles. The third-order valence-corrected chi connectivity index (χ3v) is 4.85. The summed E-state index contributed by atoms with van der Waals surface area (Å²) in [6.07, 6.45) is 1.08. The highest BCUT2D eigenvalue weighted by Crippen LogP contribution is 2.31. The minimum absolute atomic E-state index is 0.396. The lowest BCUT2D eigenvalue weighted by atomic mass is 10.1. The number of halogens is 1. The second-order valence-electron chi connectivity index (χ2n) is 4.06. The Hall–Kier alpha value is -0.800. The molecule has 17 heavy (non-hydrogen) atoms. The molecule has 2 rings (SSSR count). The fraction of sp³-hybridized carbons (Fsp3) is 0.286. The molecule has 1 unspecified atom stereocenters. The average molecular weight is 310 g/mol. The third kappa shape index (κ3) is 2.90. The van der Waals surface area contributed by atoms with Crippen LogP contribution in [0.5, 0.6) is 0 Å². The van der Waals surface area contributed by atoms with E-state index >= 15 is 0 Å². The van der Waals surface area contributed by atoms with Crippen LogP contribution in [0.15, 0.2) is 40.2 Å². The van der Waals surface area contributed by atoms with Crippen molar-refractivity contribution in [3.63, 3.8) is 0 Å². The molecule has 1 N–H and O–H groups in total. The highest BCUT2D eigenvalue weighted by molar-refractivity contribution is 9.10. The number of thiophene rings is 1. The normalized spacial score (nSPS) is 12.4. The zero-order valence-corrected chi connectivity index (χ0v) is 12.4. The van der Waals surface area contributed by atoms with Crippen molar-refractivity contribution in [3.05, 3.63) is 50.6 Å². The van der Waals surface area contributed by atoms with E-state index in [9.17, 15) is 0 Å². The van der Waals surface area contributed by atoms with Gasteiger partial charge >= 0.3 is 0 Å². The molecule has 0 amide bonds. The van der Waals surface area contributed by atoms with Gasteiger partial charge in [0.25, 0.3) is 0 Å². The number of hydrogen-bond acceptors (Lipinski definition) is 2. The summed E-state index contributed by atoms with van der Waals surface area (Å²) >= 11 is 5.45. The summed E-state index contributed by atoms with van der Waals surface area (Å²) in [4.78, 5) is 1.39. The molecule has 90 valence electrons.